The smallest absolute Gasteiger partial charge is 0.407 e. The standard InChI is InChI=1S/C55H79NO14Si/c1-55(2,3)71(47-14-6-4-7-15-47,48-16-8-5-9-17-48)70-45-44-68-43-42-67-41-40-66-39-38-65-37-36-64-35-34-63-33-32-62-31-30-61-29-28-60-27-26-59-25-24-58-23-22-56-54(57)69-46-53-51-20-12-10-18-49(51)50-19-11-13-21-52(50)53/h4-21,53H,22-46H2,1-3H3,(H,56,57). The van der Waals surface area contributed by atoms with Gasteiger partial charge in [0.25, 0.3) is 8.32 Å². The van der Waals surface area contributed by atoms with Crippen LogP contribution >= 0.6 is 0 Å². The Morgan fingerprint density at radius 2 is 0.704 bits per heavy atom. The molecule has 16 heteroatoms. The first-order chi connectivity index (χ1) is 34.9. The predicted octanol–water partition coefficient (Wildman–Crippen LogP) is 6.28. The molecule has 0 heterocycles. The van der Waals surface area contributed by atoms with Crippen LogP contribution in [0, 0.1) is 0 Å². The van der Waals surface area contributed by atoms with Crippen LogP contribution in [0.5, 0.6) is 0 Å². The number of carbonyl (C=O) groups excluding carboxylic acids is 1. The molecule has 0 spiro atoms. The Bertz CT molecular complexity index is 1890. The maximum absolute atomic E-state index is 12.3. The Balaban J connectivity index is 0.687. The van der Waals surface area contributed by atoms with Gasteiger partial charge in [0.2, 0.25) is 0 Å². The minimum Gasteiger partial charge on any atom is -0.449 e. The minimum absolute atomic E-state index is 0.0322. The van der Waals surface area contributed by atoms with E-state index in [1.165, 1.54) is 32.6 Å². The third kappa shape index (κ3) is 21.1. The fraction of sp³-hybridized carbons (Fsp3) is 0.545. The van der Waals surface area contributed by atoms with E-state index in [-0.39, 0.29) is 17.6 Å². The summed E-state index contributed by atoms with van der Waals surface area (Å²) in [4.78, 5) is 12.3. The van der Waals surface area contributed by atoms with E-state index in [1.54, 1.807) is 0 Å². The zero-order valence-electron chi connectivity index (χ0n) is 42.4. The van der Waals surface area contributed by atoms with Gasteiger partial charge in [0.1, 0.15) is 6.61 Å². The van der Waals surface area contributed by atoms with Crippen LogP contribution in [0.25, 0.3) is 11.1 Å². The van der Waals surface area contributed by atoms with Crippen LogP contribution < -0.4 is 15.7 Å². The molecular weight excluding hydrogens is 927 g/mol. The Kier molecular flexibility index (Phi) is 28.6. The van der Waals surface area contributed by atoms with Crippen LogP contribution in [-0.2, 0) is 61.3 Å². The SMILES string of the molecule is CC(C)(C)[Si](OCCOCCOCCOCCOCCOCCOCCOCCOCCOCCOCCOCCNC(=O)OCC1c2ccccc2-c2ccccc21)(c1ccccc1)c1ccccc1. The molecule has 0 bridgehead atoms. The number of rotatable bonds is 41. The summed E-state index contributed by atoms with van der Waals surface area (Å²) in [7, 11) is -2.55. The van der Waals surface area contributed by atoms with Crippen molar-refractivity contribution in [2.45, 2.75) is 31.7 Å². The zero-order valence-corrected chi connectivity index (χ0v) is 43.4. The third-order valence-electron chi connectivity index (χ3n) is 11.5. The second-order valence-corrected chi connectivity index (χ2v) is 21.8. The summed E-state index contributed by atoms with van der Waals surface area (Å²) in [5.74, 6) is 0.0322. The molecule has 15 nitrogen and oxygen atoms in total. The molecule has 4 aromatic rings. The second-order valence-electron chi connectivity index (χ2n) is 17.5. The van der Waals surface area contributed by atoms with Crippen molar-refractivity contribution in [1.29, 1.82) is 0 Å². The fourth-order valence-corrected chi connectivity index (χ4v) is 12.7. The van der Waals surface area contributed by atoms with Crippen molar-refractivity contribution in [3.63, 3.8) is 0 Å². The first-order valence-corrected chi connectivity index (χ1v) is 27.0. The minimum atomic E-state index is -2.55. The van der Waals surface area contributed by atoms with E-state index in [1.807, 2.05) is 24.3 Å². The number of ether oxygens (including phenoxy) is 12. The van der Waals surface area contributed by atoms with E-state index in [4.69, 9.17) is 61.3 Å². The summed E-state index contributed by atoms with van der Waals surface area (Å²) < 4.78 is 73.9. The normalized spacial score (nSPS) is 12.5. The van der Waals surface area contributed by atoms with E-state index in [0.717, 1.165) is 0 Å². The largest absolute Gasteiger partial charge is 0.449 e. The summed E-state index contributed by atoms with van der Waals surface area (Å²) in [6.45, 7) is 18.4. The maximum atomic E-state index is 12.3. The summed E-state index contributed by atoms with van der Waals surface area (Å²) in [6.07, 6.45) is -0.454. The van der Waals surface area contributed by atoms with Gasteiger partial charge in [0, 0.05) is 12.5 Å². The fourth-order valence-electron chi connectivity index (χ4n) is 8.19. The molecule has 71 heavy (non-hydrogen) atoms. The van der Waals surface area contributed by atoms with Crippen molar-refractivity contribution < 1.29 is 66.1 Å². The van der Waals surface area contributed by atoms with E-state index in [2.05, 4.69) is 111 Å². The Morgan fingerprint density at radius 1 is 0.408 bits per heavy atom. The highest BCUT2D eigenvalue weighted by atomic mass is 28.4. The zero-order chi connectivity index (χ0) is 49.9. The average molecular weight is 1010 g/mol. The molecule has 0 saturated carbocycles. The molecule has 1 N–H and O–H groups in total. The number of benzene rings is 4. The lowest BCUT2D eigenvalue weighted by molar-refractivity contribution is -0.0277. The van der Waals surface area contributed by atoms with Crippen molar-refractivity contribution in [1.82, 2.24) is 5.32 Å². The number of hydrogen-bond donors (Lipinski definition) is 1. The number of alkyl carbamates (subject to hydrolysis) is 1. The first kappa shape index (κ1) is 57.8. The maximum Gasteiger partial charge on any atom is 0.407 e. The van der Waals surface area contributed by atoms with E-state index < -0.39 is 14.4 Å². The van der Waals surface area contributed by atoms with Gasteiger partial charge in [-0.3, -0.25) is 0 Å². The van der Waals surface area contributed by atoms with Crippen molar-refractivity contribution in [2.24, 2.45) is 0 Å². The molecule has 0 atom stereocenters. The number of fused-ring (bicyclic) bond motifs is 3. The number of hydrogen-bond acceptors (Lipinski definition) is 14. The summed E-state index contributed by atoms with van der Waals surface area (Å²) in [5.41, 5.74) is 4.77. The molecule has 1 aliphatic carbocycles. The van der Waals surface area contributed by atoms with Crippen molar-refractivity contribution in [3.8, 4) is 11.1 Å². The topological polar surface area (TPSA) is 149 Å². The molecule has 4 aromatic carbocycles. The van der Waals surface area contributed by atoms with Crippen molar-refractivity contribution >= 4 is 24.8 Å². The van der Waals surface area contributed by atoms with Crippen molar-refractivity contribution in [3.05, 3.63) is 120 Å². The van der Waals surface area contributed by atoms with Gasteiger partial charge in [-0.25, -0.2) is 4.79 Å². The molecule has 0 unspecified atom stereocenters. The predicted molar refractivity (Wildman–Crippen MR) is 276 cm³/mol. The van der Waals surface area contributed by atoms with Gasteiger partial charge in [0.15, 0.2) is 0 Å². The Morgan fingerprint density at radius 3 is 1.04 bits per heavy atom. The van der Waals surface area contributed by atoms with Gasteiger partial charge in [0.05, 0.1) is 152 Å². The van der Waals surface area contributed by atoms with Gasteiger partial charge in [-0.15, -0.1) is 0 Å². The lowest BCUT2D eigenvalue weighted by Crippen LogP contribution is -2.66. The van der Waals surface area contributed by atoms with Gasteiger partial charge >= 0.3 is 6.09 Å². The summed E-state index contributed by atoms with van der Waals surface area (Å²) in [5, 5.41) is 5.21. The molecule has 0 aromatic heterocycles. The summed E-state index contributed by atoms with van der Waals surface area (Å²) >= 11 is 0. The summed E-state index contributed by atoms with van der Waals surface area (Å²) in [6, 6.07) is 37.8. The highest BCUT2D eigenvalue weighted by Crippen LogP contribution is 2.44. The molecule has 0 saturated heterocycles. The molecular formula is C55H79NO14Si. The van der Waals surface area contributed by atoms with Gasteiger partial charge in [-0.2, -0.15) is 0 Å². The third-order valence-corrected chi connectivity index (χ3v) is 16.6. The van der Waals surface area contributed by atoms with Gasteiger partial charge < -0.3 is 66.6 Å². The van der Waals surface area contributed by atoms with E-state index in [0.29, 0.717) is 159 Å². The number of carbonyl (C=O) groups is 1. The van der Waals surface area contributed by atoms with Crippen LogP contribution in [0.15, 0.2) is 109 Å². The monoisotopic (exact) mass is 1010 g/mol. The first-order valence-electron chi connectivity index (χ1n) is 25.1. The molecule has 5 rings (SSSR count). The Hall–Kier alpha value is -4.11. The van der Waals surface area contributed by atoms with E-state index >= 15 is 0 Å². The number of amides is 1. The number of nitrogens with one attached hydrogen (secondary N) is 1. The molecule has 0 radical (unpaired) electrons. The van der Waals surface area contributed by atoms with Crippen molar-refractivity contribution in [2.75, 3.05) is 165 Å². The van der Waals surface area contributed by atoms with Crippen LogP contribution in [0.2, 0.25) is 5.04 Å². The quantitative estimate of drug-likeness (QED) is 0.0393. The lowest BCUT2D eigenvalue weighted by Gasteiger charge is -2.43. The van der Waals surface area contributed by atoms with Gasteiger partial charge in [-0.1, -0.05) is 130 Å². The second kappa shape index (κ2) is 35.1. The molecule has 392 valence electrons. The molecule has 0 aliphatic heterocycles. The van der Waals surface area contributed by atoms with Gasteiger partial charge in [-0.05, 0) is 37.7 Å². The molecule has 1 aliphatic rings. The Labute approximate surface area is 423 Å². The highest BCUT2D eigenvalue weighted by Gasteiger charge is 2.50. The van der Waals surface area contributed by atoms with E-state index in [9.17, 15) is 4.79 Å². The van der Waals surface area contributed by atoms with Crippen LogP contribution in [0.3, 0.4) is 0 Å². The average Bonchev–Trinajstić information content (AvgIpc) is 3.71. The van der Waals surface area contributed by atoms with Crippen LogP contribution in [-0.4, -0.2) is 180 Å². The molecule has 1 amide bonds. The highest BCUT2D eigenvalue weighted by molar-refractivity contribution is 6.99. The molecule has 0 fully saturated rings. The van der Waals surface area contributed by atoms with Crippen LogP contribution in [0.4, 0.5) is 4.79 Å². The van der Waals surface area contributed by atoms with Crippen LogP contribution in [0.1, 0.15) is 37.8 Å². The lowest BCUT2D eigenvalue weighted by atomic mass is 9.98.